The van der Waals surface area contributed by atoms with Crippen molar-refractivity contribution in [1.82, 2.24) is 9.78 Å². The minimum absolute atomic E-state index is 0.139. The third kappa shape index (κ3) is 3.62. The molecule has 2 N–H and O–H groups in total. The van der Waals surface area contributed by atoms with Crippen molar-refractivity contribution in [2.45, 2.75) is 11.8 Å². The van der Waals surface area contributed by atoms with E-state index in [1.165, 1.54) is 16.8 Å². The van der Waals surface area contributed by atoms with Crippen molar-refractivity contribution in [3.05, 3.63) is 41.6 Å². The molecular weight excluding hydrogens is 290 g/mol. The Labute approximate surface area is 123 Å². The zero-order valence-corrected chi connectivity index (χ0v) is 12.5. The van der Waals surface area contributed by atoms with Crippen molar-refractivity contribution in [2.75, 3.05) is 11.3 Å². The van der Waals surface area contributed by atoms with Gasteiger partial charge >= 0.3 is 0 Å². The fraction of sp³-hybridized carbons (Fsp3) is 0.214. The molecule has 110 valence electrons. The molecule has 0 unspecified atom stereocenters. The second-order valence-corrected chi connectivity index (χ2v) is 6.10. The van der Waals surface area contributed by atoms with Crippen LogP contribution in [-0.4, -0.2) is 29.9 Å². The topological polar surface area (TPSA) is 84.2 Å². The number of aromatic nitrogens is 2. The largest absolute Gasteiger partial charge is 0.384 e. The number of aliphatic hydroxyl groups is 1. The van der Waals surface area contributed by atoms with Crippen LogP contribution in [0, 0.1) is 18.8 Å². The molecule has 0 aliphatic carbocycles. The molecule has 0 radical (unpaired) electrons. The Bertz CT molecular complexity index is 813. The van der Waals surface area contributed by atoms with Crippen molar-refractivity contribution < 1.29 is 13.5 Å². The highest BCUT2D eigenvalue weighted by Gasteiger charge is 2.16. The molecule has 2 rings (SSSR count). The summed E-state index contributed by atoms with van der Waals surface area (Å²) in [5, 5.41) is 12.7. The fourth-order valence-electron chi connectivity index (χ4n) is 1.74. The number of aliphatic hydroxyl groups excluding tert-OH is 1. The Kier molecular flexibility index (Phi) is 4.31. The van der Waals surface area contributed by atoms with Gasteiger partial charge in [-0.25, -0.2) is 8.42 Å². The second kappa shape index (κ2) is 5.99. The molecule has 1 aromatic carbocycles. The fourth-order valence-corrected chi connectivity index (χ4v) is 2.83. The zero-order chi connectivity index (χ0) is 15.5. The van der Waals surface area contributed by atoms with Gasteiger partial charge in [0.15, 0.2) is 5.82 Å². The second-order valence-electron chi connectivity index (χ2n) is 4.42. The van der Waals surface area contributed by atoms with Crippen LogP contribution in [-0.2, 0) is 17.1 Å². The summed E-state index contributed by atoms with van der Waals surface area (Å²) >= 11 is 0. The van der Waals surface area contributed by atoms with Gasteiger partial charge in [-0.3, -0.25) is 9.40 Å². The van der Waals surface area contributed by atoms with Crippen LogP contribution >= 0.6 is 0 Å². The normalized spacial score (nSPS) is 10.8. The van der Waals surface area contributed by atoms with E-state index in [4.69, 9.17) is 5.11 Å². The number of nitrogens with one attached hydrogen (secondary N) is 1. The summed E-state index contributed by atoms with van der Waals surface area (Å²) in [6.45, 7) is 1.53. The maximum Gasteiger partial charge on any atom is 0.263 e. The molecule has 0 amide bonds. The first-order chi connectivity index (χ1) is 9.92. The maximum absolute atomic E-state index is 12.3. The van der Waals surface area contributed by atoms with Crippen LogP contribution in [0.15, 0.2) is 35.4 Å². The van der Waals surface area contributed by atoms with Crippen LogP contribution in [0.2, 0.25) is 0 Å². The molecule has 0 spiro atoms. The van der Waals surface area contributed by atoms with Gasteiger partial charge in [0.05, 0.1) is 4.90 Å². The van der Waals surface area contributed by atoms with Crippen LogP contribution in [0.4, 0.5) is 5.82 Å². The molecule has 0 aliphatic rings. The van der Waals surface area contributed by atoms with Gasteiger partial charge in [-0.1, -0.05) is 11.8 Å². The van der Waals surface area contributed by atoms with Gasteiger partial charge in [-0.05, 0) is 30.7 Å². The number of benzene rings is 1. The molecule has 0 atom stereocenters. The van der Waals surface area contributed by atoms with Crippen LogP contribution in [0.3, 0.4) is 0 Å². The van der Waals surface area contributed by atoms with E-state index in [2.05, 4.69) is 21.7 Å². The van der Waals surface area contributed by atoms with Gasteiger partial charge in [-0.15, -0.1) is 0 Å². The first-order valence-corrected chi connectivity index (χ1v) is 7.63. The first-order valence-electron chi connectivity index (χ1n) is 6.15. The average Bonchev–Trinajstić information content (AvgIpc) is 2.82. The highest BCUT2D eigenvalue weighted by Crippen LogP contribution is 2.17. The van der Waals surface area contributed by atoms with Crippen LogP contribution < -0.4 is 4.72 Å². The minimum Gasteiger partial charge on any atom is -0.384 e. The molecule has 0 saturated carbocycles. The lowest BCUT2D eigenvalue weighted by Gasteiger charge is -2.07. The lowest BCUT2D eigenvalue weighted by atomic mass is 10.1. The van der Waals surface area contributed by atoms with Gasteiger partial charge < -0.3 is 5.11 Å². The number of aryl methyl sites for hydroxylation is 2. The third-order valence-corrected chi connectivity index (χ3v) is 4.12. The summed E-state index contributed by atoms with van der Waals surface area (Å²) in [7, 11) is -1.98. The summed E-state index contributed by atoms with van der Waals surface area (Å²) in [6.07, 6.45) is 1.65. The molecule has 0 bridgehead atoms. The predicted octanol–water partition coefficient (Wildman–Crippen LogP) is 0.873. The summed E-state index contributed by atoms with van der Waals surface area (Å²) in [5.74, 6) is 5.56. The Morgan fingerprint density at radius 3 is 2.71 bits per heavy atom. The number of anilines is 1. The smallest absolute Gasteiger partial charge is 0.263 e. The monoisotopic (exact) mass is 305 g/mol. The predicted molar refractivity (Wildman–Crippen MR) is 79.2 cm³/mol. The van der Waals surface area contributed by atoms with Gasteiger partial charge in [0.25, 0.3) is 10.0 Å². The van der Waals surface area contributed by atoms with Crippen molar-refractivity contribution in [3.63, 3.8) is 0 Å². The van der Waals surface area contributed by atoms with Gasteiger partial charge in [0.1, 0.15) is 6.61 Å². The van der Waals surface area contributed by atoms with Crippen molar-refractivity contribution in [2.24, 2.45) is 7.05 Å². The van der Waals surface area contributed by atoms with E-state index < -0.39 is 10.0 Å². The lowest BCUT2D eigenvalue weighted by molar-refractivity contribution is 0.350. The average molecular weight is 305 g/mol. The van der Waals surface area contributed by atoms with E-state index in [9.17, 15) is 8.42 Å². The first kappa shape index (κ1) is 15.1. The molecule has 7 heteroatoms. The van der Waals surface area contributed by atoms with E-state index in [0.717, 1.165) is 5.56 Å². The molecule has 21 heavy (non-hydrogen) atoms. The van der Waals surface area contributed by atoms with Gasteiger partial charge in [0, 0.05) is 24.9 Å². The molecule has 0 fully saturated rings. The molecule has 0 aliphatic heterocycles. The van der Waals surface area contributed by atoms with Gasteiger partial charge in [0.2, 0.25) is 0 Å². The quantitative estimate of drug-likeness (QED) is 0.824. The van der Waals surface area contributed by atoms with E-state index in [0.29, 0.717) is 5.56 Å². The Hall–Kier alpha value is -2.30. The number of nitrogens with zero attached hydrogens (tertiary/aromatic N) is 2. The SMILES string of the molecule is Cc1cc(S(=O)(=O)Nc2ccn(C)n2)ccc1C#CCO. The molecule has 0 saturated heterocycles. The van der Waals surface area contributed by atoms with Crippen LogP contribution in [0.5, 0.6) is 0 Å². The summed E-state index contributed by atoms with van der Waals surface area (Å²) < 4.78 is 28.4. The van der Waals surface area contributed by atoms with E-state index in [-0.39, 0.29) is 17.3 Å². The molecule has 2 aromatic rings. The van der Waals surface area contributed by atoms with Crippen LogP contribution in [0.1, 0.15) is 11.1 Å². The number of hydrogen-bond donors (Lipinski definition) is 2. The third-order valence-electron chi connectivity index (χ3n) is 2.76. The van der Waals surface area contributed by atoms with Crippen molar-refractivity contribution in [1.29, 1.82) is 0 Å². The minimum atomic E-state index is -3.68. The van der Waals surface area contributed by atoms with E-state index in [1.807, 2.05) is 0 Å². The number of sulfonamides is 1. The standard InChI is InChI=1S/C14H15N3O3S/c1-11-10-13(6-5-12(11)4-3-9-18)21(19,20)16-14-7-8-17(2)15-14/h5-8,10,18H,9H2,1-2H3,(H,15,16). The van der Waals surface area contributed by atoms with Crippen LogP contribution in [0.25, 0.3) is 0 Å². The molecule has 1 aromatic heterocycles. The number of rotatable bonds is 3. The van der Waals surface area contributed by atoms with E-state index in [1.54, 1.807) is 32.3 Å². The molecular formula is C14H15N3O3S. The molecule has 1 heterocycles. The summed E-state index contributed by atoms with van der Waals surface area (Å²) in [4.78, 5) is 0.139. The Balaban J connectivity index is 2.30. The Morgan fingerprint density at radius 1 is 1.38 bits per heavy atom. The zero-order valence-electron chi connectivity index (χ0n) is 11.7. The summed E-state index contributed by atoms with van der Waals surface area (Å²) in [5.41, 5.74) is 1.40. The highest BCUT2D eigenvalue weighted by atomic mass is 32.2. The molecule has 6 nitrogen and oxygen atoms in total. The van der Waals surface area contributed by atoms with Gasteiger partial charge in [-0.2, -0.15) is 5.10 Å². The maximum atomic E-state index is 12.3. The number of hydrogen-bond acceptors (Lipinski definition) is 4. The van der Waals surface area contributed by atoms with E-state index >= 15 is 0 Å². The lowest BCUT2D eigenvalue weighted by Crippen LogP contribution is -2.13. The van der Waals surface area contributed by atoms with Crippen molar-refractivity contribution >= 4 is 15.8 Å². The van der Waals surface area contributed by atoms with Crippen molar-refractivity contribution in [3.8, 4) is 11.8 Å². The highest BCUT2D eigenvalue weighted by molar-refractivity contribution is 7.92. The Morgan fingerprint density at radius 2 is 2.14 bits per heavy atom. The summed E-state index contributed by atoms with van der Waals surface area (Å²) in [6, 6.07) is 6.20.